The van der Waals surface area contributed by atoms with E-state index in [1.165, 1.54) is 17.2 Å². The summed E-state index contributed by atoms with van der Waals surface area (Å²) in [5.41, 5.74) is 0.245. The molecule has 1 aromatic carbocycles. The molecule has 28 heavy (non-hydrogen) atoms. The lowest BCUT2D eigenvalue weighted by Gasteiger charge is -2.23. The first-order chi connectivity index (χ1) is 13.5. The number of ether oxygens (including phenoxy) is 2. The van der Waals surface area contributed by atoms with Crippen LogP contribution in [0, 0.1) is 12.3 Å². The van der Waals surface area contributed by atoms with Crippen molar-refractivity contribution in [3.05, 3.63) is 36.9 Å². The lowest BCUT2D eigenvalue weighted by molar-refractivity contribution is -0.0605. The summed E-state index contributed by atoms with van der Waals surface area (Å²) in [5.74, 6) is 2.83. The Balaban J connectivity index is 1.78. The van der Waals surface area contributed by atoms with Crippen LogP contribution in [0.3, 0.4) is 0 Å². The Morgan fingerprint density at radius 3 is 2.64 bits per heavy atom. The molecule has 0 amide bonds. The Labute approximate surface area is 160 Å². The van der Waals surface area contributed by atoms with Crippen molar-refractivity contribution < 1.29 is 24.8 Å². The van der Waals surface area contributed by atoms with Gasteiger partial charge in [-0.3, -0.25) is 4.57 Å². The van der Waals surface area contributed by atoms with Gasteiger partial charge in [0.05, 0.1) is 20.0 Å². The van der Waals surface area contributed by atoms with Crippen LogP contribution in [0.25, 0.3) is 22.4 Å². The van der Waals surface area contributed by atoms with Crippen molar-refractivity contribution in [2.75, 3.05) is 13.7 Å². The fourth-order valence-corrected chi connectivity index (χ4v) is 3.33. The van der Waals surface area contributed by atoms with E-state index in [-0.39, 0.29) is 0 Å². The van der Waals surface area contributed by atoms with Gasteiger partial charge in [-0.1, -0.05) is 5.92 Å². The summed E-state index contributed by atoms with van der Waals surface area (Å²) >= 11 is 0. The summed E-state index contributed by atoms with van der Waals surface area (Å²) in [6.45, 7) is -0.549. The van der Waals surface area contributed by atoms with Gasteiger partial charge in [-0.2, -0.15) is 0 Å². The number of aliphatic hydroxyl groups is 3. The molecule has 1 saturated heterocycles. The zero-order chi connectivity index (χ0) is 19.9. The van der Waals surface area contributed by atoms with Gasteiger partial charge in [-0.05, 0) is 24.3 Å². The molecule has 1 fully saturated rings. The normalized spacial score (nSPS) is 27.0. The van der Waals surface area contributed by atoms with Crippen LogP contribution in [-0.2, 0) is 4.74 Å². The third-order valence-electron chi connectivity index (χ3n) is 4.91. The quantitative estimate of drug-likeness (QED) is 0.544. The molecule has 3 N–H and O–H groups in total. The van der Waals surface area contributed by atoms with Crippen LogP contribution in [0.4, 0.5) is 0 Å². The highest BCUT2D eigenvalue weighted by atomic mass is 16.6. The van der Waals surface area contributed by atoms with Crippen molar-refractivity contribution in [2.24, 2.45) is 0 Å². The van der Waals surface area contributed by atoms with Crippen molar-refractivity contribution in [1.29, 1.82) is 0 Å². The molecule has 0 spiro atoms. The highest BCUT2D eigenvalue weighted by Crippen LogP contribution is 2.38. The monoisotopic (exact) mass is 382 g/mol. The van der Waals surface area contributed by atoms with E-state index in [9.17, 15) is 15.3 Å². The van der Waals surface area contributed by atoms with E-state index in [1.807, 2.05) is 24.3 Å². The smallest absolute Gasteiger partial charge is 0.183 e. The second kappa shape index (κ2) is 6.85. The zero-order valence-corrected chi connectivity index (χ0v) is 14.9. The fraction of sp³-hybridized carbons (Fsp3) is 0.316. The minimum atomic E-state index is -2.03. The minimum Gasteiger partial charge on any atom is -0.497 e. The van der Waals surface area contributed by atoms with Gasteiger partial charge in [0.25, 0.3) is 0 Å². The molecule has 144 valence electrons. The Bertz CT molecular complexity index is 1040. The Morgan fingerprint density at radius 2 is 2.04 bits per heavy atom. The van der Waals surface area contributed by atoms with Crippen molar-refractivity contribution in [2.45, 2.75) is 24.0 Å². The molecule has 0 saturated carbocycles. The molecule has 9 heteroatoms. The summed E-state index contributed by atoms with van der Waals surface area (Å²) in [6.07, 6.45) is 4.48. The number of methoxy groups -OCH3 is 1. The summed E-state index contributed by atoms with van der Waals surface area (Å²) in [5, 5.41) is 30.5. The van der Waals surface area contributed by atoms with Crippen LogP contribution in [0.5, 0.6) is 5.75 Å². The molecule has 4 atom stereocenters. The fourth-order valence-electron chi connectivity index (χ4n) is 3.33. The Morgan fingerprint density at radius 1 is 1.29 bits per heavy atom. The molecular formula is C19H18N4O5. The predicted octanol–water partition coefficient (Wildman–Crippen LogP) is 0.117. The number of fused-ring (bicyclic) bond motifs is 1. The van der Waals surface area contributed by atoms with Crippen LogP contribution in [0.15, 0.2) is 36.9 Å². The molecule has 0 radical (unpaired) electrons. The highest BCUT2D eigenvalue weighted by Gasteiger charge is 2.55. The molecule has 1 aliphatic heterocycles. The van der Waals surface area contributed by atoms with E-state index >= 15 is 0 Å². The molecule has 0 bridgehead atoms. The standard InChI is InChI=1S/C19H18N4O5/c1-3-19(26)13(8-24)28-18(16(19)25)23-10-22-15-14(20-9-21-17(15)23)11-4-6-12(27-2)7-5-11/h1,4-7,9-10,13,16,18,24-26H,8H2,2H3/t13-,16+,18-,19-/m1/s1. The molecule has 0 unspecified atom stereocenters. The number of terminal acetylenes is 1. The number of imidazole rings is 1. The maximum atomic E-state index is 10.6. The molecule has 1 aliphatic rings. The first kappa shape index (κ1) is 18.3. The average molecular weight is 382 g/mol. The van der Waals surface area contributed by atoms with E-state index < -0.39 is 30.6 Å². The lowest BCUT2D eigenvalue weighted by atomic mass is 9.93. The number of aliphatic hydroxyl groups excluding tert-OH is 2. The number of hydrogen-bond donors (Lipinski definition) is 3. The van der Waals surface area contributed by atoms with Crippen LogP contribution in [-0.4, -0.2) is 66.4 Å². The molecule has 4 rings (SSSR count). The maximum Gasteiger partial charge on any atom is 0.183 e. The molecule has 9 nitrogen and oxygen atoms in total. The van der Waals surface area contributed by atoms with E-state index in [1.54, 1.807) is 7.11 Å². The number of aromatic nitrogens is 4. The maximum absolute atomic E-state index is 10.6. The minimum absolute atomic E-state index is 0.392. The highest BCUT2D eigenvalue weighted by molar-refractivity contribution is 5.87. The third kappa shape index (κ3) is 2.63. The van der Waals surface area contributed by atoms with Gasteiger partial charge in [0, 0.05) is 5.56 Å². The Kier molecular flexibility index (Phi) is 4.49. The summed E-state index contributed by atoms with van der Waals surface area (Å²) in [6, 6.07) is 7.31. The predicted molar refractivity (Wildman–Crippen MR) is 98.1 cm³/mol. The van der Waals surface area contributed by atoms with E-state index in [4.69, 9.17) is 15.9 Å². The Hall–Kier alpha value is -3.03. The van der Waals surface area contributed by atoms with E-state index in [2.05, 4.69) is 20.9 Å². The molecule has 3 aromatic rings. The van der Waals surface area contributed by atoms with Crippen molar-refractivity contribution in [3.8, 4) is 29.4 Å². The lowest BCUT2D eigenvalue weighted by Crippen LogP contribution is -2.47. The number of hydrogen-bond acceptors (Lipinski definition) is 8. The largest absolute Gasteiger partial charge is 0.497 e. The summed E-state index contributed by atoms with van der Waals surface area (Å²) in [4.78, 5) is 12.9. The zero-order valence-electron chi connectivity index (χ0n) is 14.9. The summed E-state index contributed by atoms with van der Waals surface area (Å²) < 4.78 is 12.2. The van der Waals surface area contributed by atoms with Gasteiger partial charge >= 0.3 is 0 Å². The second-order valence-corrected chi connectivity index (χ2v) is 6.39. The van der Waals surface area contributed by atoms with Gasteiger partial charge in [0.1, 0.15) is 35.5 Å². The molecule has 0 aliphatic carbocycles. The number of rotatable bonds is 4. The SMILES string of the molecule is C#C[C@@]1(O)[C@@H](CO)O[C@@H](n2cnc3c(-c4ccc(OC)cc4)ncnc32)[C@@H]1O. The first-order valence-corrected chi connectivity index (χ1v) is 8.50. The van der Waals surface area contributed by atoms with E-state index in [0.29, 0.717) is 22.6 Å². The van der Waals surface area contributed by atoms with Crippen molar-refractivity contribution >= 4 is 11.2 Å². The number of benzene rings is 1. The van der Waals surface area contributed by atoms with Gasteiger partial charge in [0.2, 0.25) is 0 Å². The molecule has 2 aromatic heterocycles. The van der Waals surface area contributed by atoms with Crippen LogP contribution in [0.1, 0.15) is 6.23 Å². The van der Waals surface area contributed by atoms with Gasteiger partial charge in [-0.25, -0.2) is 15.0 Å². The van der Waals surface area contributed by atoms with Crippen molar-refractivity contribution in [3.63, 3.8) is 0 Å². The van der Waals surface area contributed by atoms with Gasteiger partial charge in [0.15, 0.2) is 17.5 Å². The number of nitrogens with zero attached hydrogens (tertiary/aromatic N) is 4. The summed E-state index contributed by atoms with van der Waals surface area (Å²) in [7, 11) is 1.59. The van der Waals surface area contributed by atoms with Gasteiger partial charge < -0.3 is 24.8 Å². The third-order valence-corrected chi connectivity index (χ3v) is 4.91. The average Bonchev–Trinajstić information content (AvgIpc) is 3.27. The first-order valence-electron chi connectivity index (χ1n) is 8.50. The van der Waals surface area contributed by atoms with Crippen LogP contribution >= 0.6 is 0 Å². The van der Waals surface area contributed by atoms with Crippen LogP contribution in [0.2, 0.25) is 0 Å². The molecule has 3 heterocycles. The topological polar surface area (TPSA) is 123 Å². The van der Waals surface area contributed by atoms with E-state index in [0.717, 1.165) is 5.56 Å². The second-order valence-electron chi connectivity index (χ2n) is 6.39. The molecular weight excluding hydrogens is 364 g/mol. The van der Waals surface area contributed by atoms with Crippen molar-refractivity contribution in [1.82, 2.24) is 19.5 Å². The van der Waals surface area contributed by atoms with Crippen LogP contribution < -0.4 is 4.74 Å². The van der Waals surface area contributed by atoms with Gasteiger partial charge in [-0.15, -0.1) is 6.42 Å².